The number of carboxylic acids is 1. The fourth-order valence-corrected chi connectivity index (χ4v) is 0.979. The Kier molecular flexibility index (Phi) is 1.30. The van der Waals surface area contributed by atoms with Crippen LogP contribution < -0.4 is 0 Å². The Hall–Kier alpha value is -1.91. The summed E-state index contributed by atoms with van der Waals surface area (Å²) in [6, 6.07) is 4.68. The number of carbonyl (C=O) groups is 1. The van der Waals surface area contributed by atoms with Gasteiger partial charge in [0.1, 0.15) is 11.0 Å². The molecule has 2 aromatic rings. The van der Waals surface area contributed by atoms with Gasteiger partial charge in [-0.05, 0) is 22.4 Å². The van der Waals surface area contributed by atoms with Gasteiger partial charge in [0.2, 0.25) is 0 Å². The fraction of sp³-hybridized carbons (Fsp3) is 0. The summed E-state index contributed by atoms with van der Waals surface area (Å²) in [5.74, 6) is -1.03. The van der Waals surface area contributed by atoms with Gasteiger partial charge in [-0.15, -0.1) is 0 Å². The first-order valence-corrected chi connectivity index (χ1v) is 3.23. The molecule has 1 aromatic carbocycles. The van der Waals surface area contributed by atoms with Crippen LogP contribution in [0.4, 0.5) is 0 Å². The fourth-order valence-electron chi connectivity index (χ4n) is 0.979. The molecule has 0 unspecified atom stereocenters. The van der Waals surface area contributed by atoms with Crippen molar-refractivity contribution >= 4 is 17.0 Å². The SMILES string of the molecule is O=C(O)c1cccc2nonc12. The third-order valence-corrected chi connectivity index (χ3v) is 1.52. The lowest BCUT2D eigenvalue weighted by Crippen LogP contribution is -1.96. The molecule has 60 valence electrons. The smallest absolute Gasteiger partial charge is 0.338 e. The number of aromatic carboxylic acids is 1. The second-order valence-corrected chi connectivity index (χ2v) is 2.24. The molecule has 0 atom stereocenters. The number of nitrogens with zero attached hydrogens (tertiary/aromatic N) is 2. The van der Waals surface area contributed by atoms with E-state index in [-0.39, 0.29) is 11.1 Å². The van der Waals surface area contributed by atoms with E-state index in [1.807, 2.05) is 0 Å². The Bertz CT molecular complexity index is 435. The van der Waals surface area contributed by atoms with Crippen LogP contribution in [0.25, 0.3) is 11.0 Å². The monoisotopic (exact) mass is 164 g/mol. The van der Waals surface area contributed by atoms with Gasteiger partial charge in [-0.25, -0.2) is 9.42 Å². The number of aromatic nitrogens is 2. The first kappa shape index (κ1) is 6.78. The molecule has 0 spiro atoms. The molecule has 0 aliphatic carbocycles. The van der Waals surface area contributed by atoms with Crippen LogP contribution in [0, 0.1) is 0 Å². The van der Waals surface area contributed by atoms with E-state index in [1.165, 1.54) is 6.07 Å². The van der Waals surface area contributed by atoms with Gasteiger partial charge >= 0.3 is 5.97 Å². The van der Waals surface area contributed by atoms with Gasteiger partial charge in [-0.3, -0.25) is 0 Å². The largest absolute Gasteiger partial charge is 0.478 e. The van der Waals surface area contributed by atoms with Crippen molar-refractivity contribution in [2.45, 2.75) is 0 Å². The first-order chi connectivity index (χ1) is 5.79. The molecular weight excluding hydrogens is 160 g/mol. The third-order valence-electron chi connectivity index (χ3n) is 1.52. The van der Waals surface area contributed by atoms with E-state index in [1.54, 1.807) is 12.1 Å². The number of benzene rings is 1. The number of fused-ring (bicyclic) bond motifs is 1. The van der Waals surface area contributed by atoms with Gasteiger partial charge in [-0.2, -0.15) is 0 Å². The number of rotatable bonds is 1. The lowest BCUT2D eigenvalue weighted by molar-refractivity contribution is 0.0698. The van der Waals surface area contributed by atoms with Crippen LogP contribution in [0.15, 0.2) is 22.8 Å². The molecule has 0 saturated carbocycles. The maximum atomic E-state index is 10.6. The maximum absolute atomic E-state index is 10.6. The Morgan fingerprint density at radius 1 is 1.42 bits per heavy atom. The molecule has 0 fully saturated rings. The Morgan fingerprint density at radius 3 is 3.00 bits per heavy atom. The van der Waals surface area contributed by atoms with Gasteiger partial charge in [0, 0.05) is 0 Å². The topological polar surface area (TPSA) is 76.2 Å². The van der Waals surface area contributed by atoms with E-state index < -0.39 is 5.97 Å². The molecule has 5 heteroatoms. The second kappa shape index (κ2) is 2.30. The van der Waals surface area contributed by atoms with Crippen LogP contribution in [0.2, 0.25) is 0 Å². The van der Waals surface area contributed by atoms with Gasteiger partial charge in [0.05, 0.1) is 5.56 Å². The van der Waals surface area contributed by atoms with Gasteiger partial charge in [-0.1, -0.05) is 6.07 Å². The molecule has 1 N–H and O–H groups in total. The van der Waals surface area contributed by atoms with Crippen LogP contribution >= 0.6 is 0 Å². The molecule has 0 radical (unpaired) electrons. The summed E-state index contributed by atoms with van der Waals surface area (Å²) in [5, 5.41) is 15.7. The summed E-state index contributed by atoms with van der Waals surface area (Å²) in [6.07, 6.45) is 0. The Labute approximate surface area is 66.6 Å². The first-order valence-electron chi connectivity index (χ1n) is 3.23. The minimum atomic E-state index is -1.03. The minimum Gasteiger partial charge on any atom is -0.478 e. The van der Waals surface area contributed by atoms with Crippen molar-refractivity contribution in [2.24, 2.45) is 0 Å². The van der Waals surface area contributed by atoms with Crippen molar-refractivity contribution in [3.05, 3.63) is 23.8 Å². The van der Waals surface area contributed by atoms with Crippen LogP contribution in [0.3, 0.4) is 0 Å². The summed E-state index contributed by atoms with van der Waals surface area (Å²) in [5.41, 5.74) is 0.841. The van der Waals surface area contributed by atoms with Gasteiger partial charge in [0.15, 0.2) is 0 Å². The Balaban J connectivity index is 2.82. The van der Waals surface area contributed by atoms with Crippen LogP contribution in [0.5, 0.6) is 0 Å². The normalized spacial score (nSPS) is 10.3. The van der Waals surface area contributed by atoms with E-state index in [0.29, 0.717) is 5.52 Å². The van der Waals surface area contributed by atoms with Crippen molar-refractivity contribution in [2.75, 3.05) is 0 Å². The standard InChI is InChI=1S/C7H4N2O3/c10-7(11)4-2-1-3-5-6(4)9-12-8-5/h1-3H,(H,10,11). The molecule has 1 aromatic heterocycles. The summed E-state index contributed by atoms with van der Waals surface area (Å²) >= 11 is 0. The molecule has 0 saturated heterocycles. The third kappa shape index (κ3) is 0.833. The average molecular weight is 164 g/mol. The van der Waals surface area contributed by atoms with Crippen LogP contribution in [0.1, 0.15) is 10.4 Å². The van der Waals surface area contributed by atoms with E-state index in [2.05, 4.69) is 14.9 Å². The zero-order chi connectivity index (χ0) is 8.55. The zero-order valence-corrected chi connectivity index (χ0v) is 5.89. The summed E-state index contributed by atoms with van der Waals surface area (Å²) in [4.78, 5) is 10.6. The molecule has 12 heavy (non-hydrogen) atoms. The second-order valence-electron chi connectivity index (χ2n) is 2.24. The lowest BCUT2D eigenvalue weighted by Gasteiger charge is -1.90. The molecular formula is C7H4N2O3. The highest BCUT2D eigenvalue weighted by Crippen LogP contribution is 2.13. The highest BCUT2D eigenvalue weighted by Gasteiger charge is 2.11. The van der Waals surface area contributed by atoms with Crippen LogP contribution in [-0.2, 0) is 0 Å². The highest BCUT2D eigenvalue weighted by molar-refractivity contribution is 6.00. The summed E-state index contributed by atoms with van der Waals surface area (Å²) in [7, 11) is 0. The predicted octanol–water partition coefficient (Wildman–Crippen LogP) is 0.921. The number of hydrogen-bond acceptors (Lipinski definition) is 4. The van der Waals surface area contributed by atoms with E-state index >= 15 is 0 Å². The number of carboxylic acid groups (broad SMARTS) is 1. The molecule has 0 amide bonds. The predicted molar refractivity (Wildman–Crippen MR) is 38.8 cm³/mol. The summed E-state index contributed by atoms with van der Waals surface area (Å²) in [6.45, 7) is 0. The molecule has 1 heterocycles. The highest BCUT2D eigenvalue weighted by atomic mass is 16.6. The van der Waals surface area contributed by atoms with Crippen molar-refractivity contribution in [3.8, 4) is 0 Å². The molecule has 0 aliphatic rings. The average Bonchev–Trinajstić information content (AvgIpc) is 2.49. The lowest BCUT2D eigenvalue weighted by atomic mass is 10.2. The molecule has 5 nitrogen and oxygen atoms in total. The molecule has 0 bridgehead atoms. The van der Waals surface area contributed by atoms with Crippen molar-refractivity contribution in [1.82, 2.24) is 10.3 Å². The van der Waals surface area contributed by atoms with Gasteiger partial charge in [0.25, 0.3) is 0 Å². The quantitative estimate of drug-likeness (QED) is 0.678. The summed E-state index contributed by atoms with van der Waals surface area (Å²) < 4.78 is 4.39. The number of hydrogen-bond donors (Lipinski definition) is 1. The minimum absolute atomic E-state index is 0.105. The molecule has 2 rings (SSSR count). The van der Waals surface area contributed by atoms with Gasteiger partial charge < -0.3 is 5.11 Å². The molecule has 0 aliphatic heterocycles. The van der Waals surface area contributed by atoms with Crippen LogP contribution in [-0.4, -0.2) is 21.4 Å². The zero-order valence-electron chi connectivity index (χ0n) is 5.89. The Morgan fingerprint density at radius 2 is 2.25 bits per heavy atom. The van der Waals surface area contributed by atoms with Crippen molar-refractivity contribution in [1.29, 1.82) is 0 Å². The van der Waals surface area contributed by atoms with E-state index in [0.717, 1.165) is 0 Å². The van der Waals surface area contributed by atoms with E-state index in [4.69, 9.17) is 5.11 Å². The van der Waals surface area contributed by atoms with Crippen molar-refractivity contribution < 1.29 is 14.5 Å². The van der Waals surface area contributed by atoms with Crippen molar-refractivity contribution in [3.63, 3.8) is 0 Å². The maximum Gasteiger partial charge on any atom is 0.338 e. The van der Waals surface area contributed by atoms with E-state index in [9.17, 15) is 4.79 Å².